The van der Waals surface area contributed by atoms with Crippen LogP contribution in [0.4, 0.5) is 0 Å². The first-order chi connectivity index (χ1) is 17.4. The number of aliphatic hydroxyl groups is 1. The number of ether oxygens (including phenoxy) is 2. The number of Topliss-reactive ketones (excluding diaryl/α,β-unsaturated/α-hetero) is 1. The summed E-state index contributed by atoms with van der Waals surface area (Å²) < 4.78 is 11.3. The SMILES string of the molecule is CCOc1cc(C2/C(=C(\O)c3ccc4c(c3)CC(C)O4)C(=O)C(=O)N2Cc2ccccc2)ccc1O. The van der Waals surface area contributed by atoms with E-state index >= 15 is 0 Å². The van der Waals surface area contributed by atoms with Crippen LogP contribution in [-0.4, -0.2) is 39.5 Å². The van der Waals surface area contributed by atoms with Crippen molar-refractivity contribution in [2.24, 2.45) is 0 Å². The van der Waals surface area contributed by atoms with Crippen LogP contribution in [0.15, 0.2) is 72.3 Å². The largest absolute Gasteiger partial charge is 0.507 e. The highest BCUT2D eigenvalue weighted by Gasteiger charge is 2.46. The van der Waals surface area contributed by atoms with Crippen molar-refractivity contribution >= 4 is 17.4 Å². The number of nitrogens with zero attached hydrogens (tertiary/aromatic N) is 1. The molecule has 7 heteroatoms. The number of likely N-dealkylation sites (tertiary alicyclic amines) is 1. The molecule has 1 amide bonds. The minimum absolute atomic E-state index is 0.00372. The van der Waals surface area contributed by atoms with Gasteiger partial charge >= 0.3 is 0 Å². The molecule has 1 saturated heterocycles. The van der Waals surface area contributed by atoms with E-state index in [2.05, 4.69) is 0 Å². The maximum absolute atomic E-state index is 13.4. The molecule has 2 N–H and O–H groups in total. The Morgan fingerprint density at radius 2 is 1.86 bits per heavy atom. The van der Waals surface area contributed by atoms with E-state index in [0.717, 1.165) is 16.9 Å². The van der Waals surface area contributed by atoms with Gasteiger partial charge in [0.2, 0.25) is 0 Å². The smallest absolute Gasteiger partial charge is 0.295 e. The van der Waals surface area contributed by atoms with Crippen LogP contribution in [-0.2, 0) is 22.6 Å². The molecule has 3 aromatic rings. The average Bonchev–Trinajstić information content (AvgIpc) is 3.37. The van der Waals surface area contributed by atoms with Crippen LogP contribution in [0.25, 0.3) is 5.76 Å². The van der Waals surface area contributed by atoms with E-state index in [9.17, 15) is 19.8 Å². The van der Waals surface area contributed by atoms with Gasteiger partial charge in [-0.2, -0.15) is 0 Å². The molecule has 3 aromatic carbocycles. The first-order valence-corrected chi connectivity index (χ1v) is 12.0. The van der Waals surface area contributed by atoms with Gasteiger partial charge in [0, 0.05) is 18.5 Å². The maximum Gasteiger partial charge on any atom is 0.295 e. The molecule has 2 heterocycles. The molecule has 2 aliphatic rings. The minimum Gasteiger partial charge on any atom is -0.507 e. The van der Waals surface area contributed by atoms with Gasteiger partial charge in [0.1, 0.15) is 17.6 Å². The summed E-state index contributed by atoms with van der Waals surface area (Å²) in [7, 11) is 0. The lowest BCUT2D eigenvalue weighted by molar-refractivity contribution is -0.140. The van der Waals surface area contributed by atoms with Crippen LogP contribution in [0.2, 0.25) is 0 Å². The van der Waals surface area contributed by atoms with Crippen LogP contribution < -0.4 is 9.47 Å². The van der Waals surface area contributed by atoms with Crippen molar-refractivity contribution in [2.75, 3.05) is 6.61 Å². The molecule has 184 valence electrons. The molecule has 2 atom stereocenters. The first kappa shape index (κ1) is 23.5. The van der Waals surface area contributed by atoms with E-state index in [1.807, 2.05) is 37.3 Å². The number of ketones is 1. The summed E-state index contributed by atoms with van der Waals surface area (Å²) in [6.07, 6.45) is 0.723. The zero-order valence-corrected chi connectivity index (χ0v) is 20.1. The second-order valence-corrected chi connectivity index (χ2v) is 9.03. The van der Waals surface area contributed by atoms with Crippen LogP contribution in [0.3, 0.4) is 0 Å². The molecule has 36 heavy (non-hydrogen) atoms. The van der Waals surface area contributed by atoms with Crippen molar-refractivity contribution in [1.82, 2.24) is 4.90 Å². The van der Waals surface area contributed by atoms with Gasteiger partial charge in [0.15, 0.2) is 11.5 Å². The average molecular weight is 486 g/mol. The van der Waals surface area contributed by atoms with Crippen LogP contribution >= 0.6 is 0 Å². The fraction of sp³-hybridized carbons (Fsp3) is 0.241. The summed E-state index contributed by atoms with van der Waals surface area (Å²) >= 11 is 0. The summed E-state index contributed by atoms with van der Waals surface area (Å²) in [6, 6.07) is 18.5. The zero-order valence-electron chi connectivity index (χ0n) is 20.1. The van der Waals surface area contributed by atoms with E-state index in [0.29, 0.717) is 24.2 Å². The second-order valence-electron chi connectivity index (χ2n) is 9.03. The number of aliphatic hydroxyl groups excluding tert-OH is 1. The third-order valence-corrected chi connectivity index (χ3v) is 6.50. The third kappa shape index (κ3) is 4.17. The highest BCUT2D eigenvalue weighted by atomic mass is 16.5. The number of hydrogen-bond donors (Lipinski definition) is 2. The number of benzene rings is 3. The van der Waals surface area contributed by atoms with Crippen molar-refractivity contribution in [1.29, 1.82) is 0 Å². The van der Waals surface area contributed by atoms with E-state index in [-0.39, 0.29) is 35.5 Å². The normalized spacial score (nSPS) is 20.3. The monoisotopic (exact) mass is 485 g/mol. The van der Waals surface area contributed by atoms with Crippen molar-refractivity contribution in [3.63, 3.8) is 0 Å². The Bertz CT molecular complexity index is 1360. The number of aromatic hydroxyl groups is 1. The van der Waals surface area contributed by atoms with Gasteiger partial charge in [-0.05, 0) is 60.9 Å². The van der Waals surface area contributed by atoms with Gasteiger partial charge in [-0.3, -0.25) is 9.59 Å². The first-order valence-electron chi connectivity index (χ1n) is 12.0. The summed E-state index contributed by atoms with van der Waals surface area (Å²) in [5, 5.41) is 21.6. The number of carbonyl (C=O) groups excluding carboxylic acids is 2. The number of rotatable bonds is 6. The Kier molecular flexibility index (Phi) is 6.14. The fourth-order valence-corrected chi connectivity index (χ4v) is 4.87. The van der Waals surface area contributed by atoms with Gasteiger partial charge in [-0.25, -0.2) is 0 Å². The highest BCUT2D eigenvalue weighted by molar-refractivity contribution is 6.46. The summed E-state index contributed by atoms with van der Waals surface area (Å²) in [6.45, 7) is 4.27. The predicted octanol–water partition coefficient (Wildman–Crippen LogP) is 4.74. The number of amides is 1. The molecule has 0 aliphatic carbocycles. The van der Waals surface area contributed by atoms with Crippen LogP contribution in [0.5, 0.6) is 17.2 Å². The Labute approximate surface area is 209 Å². The van der Waals surface area contributed by atoms with Crippen LogP contribution in [0.1, 0.15) is 42.1 Å². The second kappa shape index (κ2) is 9.41. The Morgan fingerprint density at radius 1 is 1.08 bits per heavy atom. The van der Waals surface area contributed by atoms with Crippen molar-refractivity contribution in [2.45, 2.75) is 39.0 Å². The predicted molar refractivity (Wildman–Crippen MR) is 134 cm³/mol. The molecule has 0 saturated carbocycles. The molecule has 0 bridgehead atoms. The molecule has 0 spiro atoms. The molecule has 0 radical (unpaired) electrons. The van der Waals surface area contributed by atoms with Crippen LogP contribution in [0, 0.1) is 0 Å². The lowest BCUT2D eigenvalue weighted by Crippen LogP contribution is -2.29. The summed E-state index contributed by atoms with van der Waals surface area (Å²) in [4.78, 5) is 28.1. The number of phenols is 1. The molecule has 7 nitrogen and oxygen atoms in total. The number of phenolic OH excluding ortho intramolecular Hbond substituents is 1. The minimum atomic E-state index is -0.867. The topological polar surface area (TPSA) is 96.3 Å². The van der Waals surface area contributed by atoms with Gasteiger partial charge < -0.3 is 24.6 Å². The number of hydrogen-bond acceptors (Lipinski definition) is 6. The lowest BCUT2D eigenvalue weighted by atomic mass is 9.94. The number of carbonyl (C=O) groups is 2. The van der Waals surface area contributed by atoms with Crippen molar-refractivity contribution in [3.05, 3.63) is 94.6 Å². The Morgan fingerprint density at radius 3 is 2.61 bits per heavy atom. The molecule has 5 rings (SSSR count). The molecular weight excluding hydrogens is 458 g/mol. The third-order valence-electron chi connectivity index (χ3n) is 6.50. The molecule has 2 aliphatic heterocycles. The van der Waals surface area contributed by atoms with E-state index < -0.39 is 17.7 Å². The van der Waals surface area contributed by atoms with E-state index in [4.69, 9.17) is 9.47 Å². The Balaban J connectivity index is 1.65. The van der Waals surface area contributed by atoms with Gasteiger partial charge in [-0.15, -0.1) is 0 Å². The van der Waals surface area contributed by atoms with Gasteiger partial charge in [-0.1, -0.05) is 36.4 Å². The summed E-state index contributed by atoms with van der Waals surface area (Å²) in [5.41, 5.74) is 2.77. The fourth-order valence-electron chi connectivity index (χ4n) is 4.87. The molecular formula is C29H27NO6. The molecule has 1 fully saturated rings. The summed E-state index contributed by atoms with van der Waals surface area (Å²) in [5.74, 6) is -0.765. The lowest BCUT2D eigenvalue weighted by Gasteiger charge is -2.26. The van der Waals surface area contributed by atoms with Gasteiger partial charge in [0.05, 0.1) is 18.2 Å². The molecule has 2 unspecified atom stereocenters. The van der Waals surface area contributed by atoms with Crippen molar-refractivity contribution in [3.8, 4) is 17.2 Å². The van der Waals surface area contributed by atoms with E-state index in [1.54, 1.807) is 37.3 Å². The quantitative estimate of drug-likeness (QED) is 0.298. The van der Waals surface area contributed by atoms with Gasteiger partial charge in [0.25, 0.3) is 11.7 Å². The maximum atomic E-state index is 13.4. The number of fused-ring (bicyclic) bond motifs is 1. The Hall–Kier alpha value is -4.26. The zero-order chi connectivity index (χ0) is 25.4. The molecule has 0 aromatic heterocycles. The highest BCUT2D eigenvalue weighted by Crippen LogP contribution is 2.43. The van der Waals surface area contributed by atoms with E-state index in [1.165, 1.54) is 11.0 Å². The standard InChI is InChI=1S/C29H27NO6/c1-3-35-24-15-19(9-11-22(24)31)26-25(27(32)20-10-12-23-21(14-20)13-17(2)36-23)28(33)29(34)30(26)16-18-7-5-4-6-8-18/h4-12,14-15,17,26,31-32H,3,13,16H2,1-2H3/b27-25+. The van der Waals surface area contributed by atoms with Crippen molar-refractivity contribution < 1.29 is 29.3 Å².